The Balaban J connectivity index is 2.17. The van der Waals surface area contributed by atoms with Crippen LogP contribution in [0.2, 0.25) is 0 Å². The van der Waals surface area contributed by atoms with Crippen molar-refractivity contribution in [3.8, 4) is 0 Å². The molecular formula is C10H11NS2. The molecule has 3 heteroatoms. The molecule has 0 aromatic heterocycles. The lowest BCUT2D eigenvalue weighted by Crippen LogP contribution is -1.76. The van der Waals surface area contributed by atoms with Gasteiger partial charge in [-0.05, 0) is 19.1 Å². The summed E-state index contributed by atoms with van der Waals surface area (Å²) in [4.78, 5) is 4.54. The molecule has 1 fully saturated rings. The van der Waals surface area contributed by atoms with Crippen LogP contribution < -0.4 is 0 Å². The van der Waals surface area contributed by atoms with Crippen molar-refractivity contribution in [3.63, 3.8) is 0 Å². The molecule has 68 valence electrons. The fraction of sp³-hybridized carbons (Fsp3) is 0.300. The molecule has 0 saturated carbocycles. The second kappa shape index (κ2) is 4.20. The molecule has 2 rings (SSSR count). The molecule has 1 nitrogen and oxygen atoms in total. The first-order valence-electron chi connectivity index (χ1n) is 4.25. The van der Waals surface area contributed by atoms with Crippen LogP contribution in [0.25, 0.3) is 0 Å². The Kier molecular flexibility index (Phi) is 2.96. The summed E-state index contributed by atoms with van der Waals surface area (Å²) in [5.41, 5.74) is 2.36. The summed E-state index contributed by atoms with van der Waals surface area (Å²) < 4.78 is 1.21. The zero-order valence-corrected chi connectivity index (χ0v) is 9.12. The Bertz CT molecular complexity index is 308. The minimum absolute atomic E-state index is 1.07. The summed E-state index contributed by atoms with van der Waals surface area (Å²) in [5.74, 6) is 2.41. The molecule has 0 radical (unpaired) electrons. The summed E-state index contributed by atoms with van der Waals surface area (Å²) in [7, 11) is 0. The van der Waals surface area contributed by atoms with Gasteiger partial charge in [0.05, 0.1) is 5.69 Å². The van der Waals surface area contributed by atoms with E-state index in [4.69, 9.17) is 0 Å². The predicted molar refractivity (Wildman–Crippen MR) is 63.2 cm³/mol. The minimum atomic E-state index is 1.07. The van der Waals surface area contributed by atoms with Crippen LogP contribution in [0.1, 0.15) is 5.56 Å². The second-order valence-electron chi connectivity index (χ2n) is 2.91. The van der Waals surface area contributed by atoms with E-state index in [0.29, 0.717) is 0 Å². The maximum atomic E-state index is 4.54. The smallest absolute Gasteiger partial charge is 0.130 e. The SMILES string of the molecule is Cc1ccc(N=C2SCCS2)cc1. The van der Waals surface area contributed by atoms with Crippen LogP contribution in [0.3, 0.4) is 0 Å². The molecule has 0 aliphatic carbocycles. The molecule has 0 spiro atoms. The van der Waals surface area contributed by atoms with Gasteiger partial charge in [0.2, 0.25) is 0 Å². The van der Waals surface area contributed by atoms with Crippen molar-refractivity contribution >= 4 is 33.6 Å². The van der Waals surface area contributed by atoms with E-state index in [-0.39, 0.29) is 0 Å². The summed E-state index contributed by atoms with van der Waals surface area (Å²) in [6.45, 7) is 2.09. The Morgan fingerprint density at radius 3 is 2.31 bits per heavy atom. The number of benzene rings is 1. The first-order valence-corrected chi connectivity index (χ1v) is 6.23. The maximum Gasteiger partial charge on any atom is 0.130 e. The number of nitrogens with zero attached hydrogens (tertiary/aromatic N) is 1. The van der Waals surface area contributed by atoms with Crippen LogP contribution >= 0.6 is 23.5 Å². The standard InChI is InChI=1S/C10H11NS2/c1-8-2-4-9(5-3-8)11-10-12-6-7-13-10/h2-5H,6-7H2,1H3. The van der Waals surface area contributed by atoms with Crippen molar-refractivity contribution in [3.05, 3.63) is 29.8 Å². The first-order chi connectivity index (χ1) is 6.34. The lowest BCUT2D eigenvalue weighted by atomic mass is 10.2. The van der Waals surface area contributed by atoms with Crippen molar-refractivity contribution in [2.75, 3.05) is 11.5 Å². The normalized spacial score (nSPS) is 16.2. The summed E-state index contributed by atoms with van der Waals surface area (Å²) in [6, 6.07) is 8.34. The zero-order valence-electron chi connectivity index (χ0n) is 7.49. The van der Waals surface area contributed by atoms with Crippen LogP contribution in [-0.4, -0.2) is 15.9 Å². The van der Waals surface area contributed by atoms with Gasteiger partial charge in [-0.15, -0.1) is 0 Å². The summed E-state index contributed by atoms with van der Waals surface area (Å²) in [5, 5.41) is 0. The highest BCUT2D eigenvalue weighted by Crippen LogP contribution is 2.28. The summed E-state index contributed by atoms with van der Waals surface area (Å²) in [6.07, 6.45) is 0. The lowest BCUT2D eigenvalue weighted by molar-refractivity contribution is 1.44. The van der Waals surface area contributed by atoms with Crippen molar-refractivity contribution in [1.82, 2.24) is 0 Å². The highest BCUT2D eigenvalue weighted by Gasteiger charge is 2.08. The van der Waals surface area contributed by atoms with E-state index in [1.54, 1.807) is 0 Å². The van der Waals surface area contributed by atoms with Crippen molar-refractivity contribution in [2.45, 2.75) is 6.92 Å². The zero-order chi connectivity index (χ0) is 9.10. The maximum absolute atomic E-state index is 4.54. The van der Waals surface area contributed by atoms with Crippen LogP contribution in [-0.2, 0) is 0 Å². The molecule has 1 aromatic rings. The minimum Gasteiger partial charge on any atom is -0.235 e. The van der Waals surface area contributed by atoms with Gasteiger partial charge < -0.3 is 0 Å². The Morgan fingerprint density at radius 1 is 1.08 bits per heavy atom. The fourth-order valence-electron chi connectivity index (χ4n) is 1.09. The van der Waals surface area contributed by atoms with Gasteiger partial charge in [0, 0.05) is 11.5 Å². The molecule has 1 aliphatic rings. The van der Waals surface area contributed by atoms with E-state index in [9.17, 15) is 0 Å². The highest BCUT2D eigenvalue weighted by molar-refractivity contribution is 8.41. The largest absolute Gasteiger partial charge is 0.235 e. The average Bonchev–Trinajstić information content (AvgIpc) is 2.62. The molecule has 0 unspecified atom stereocenters. The number of hydrogen-bond acceptors (Lipinski definition) is 3. The molecule has 0 atom stereocenters. The summed E-state index contributed by atoms with van der Waals surface area (Å²) >= 11 is 3.71. The quantitative estimate of drug-likeness (QED) is 0.702. The molecule has 13 heavy (non-hydrogen) atoms. The van der Waals surface area contributed by atoms with Crippen molar-refractivity contribution in [2.24, 2.45) is 4.99 Å². The van der Waals surface area contributed by atoms with E-state index in [0.717, 1.165) is 5.69 Å². The van der Waals surface area contributed by atoms with Gasteiger partial charge in [0.15, 0.2) is 0 Å². The van der Waals surface area contributed by atoms with E-state index >= 15 is 0 Å². The number of aliphatic imine (C=N–C) groups is 1. The van der Waals surface area contributed by atoms with Gasteiger partial charge >= 0.3 is 0 Å². The lowest BCUT2D eigenvalue weighted by Gasteiger charge is -1.96. The average molecular weight is 209 g/mol. The van der Waals surface area contributed by atoms with E-state index < -0.39 is 0 Å². The van der Waals surface area contributed by atoms with Crippen molar-refractivity contribution < 1.29 is 0 Å². The predicted octanol–water partition coefficient (Wildman–Crippen LogP) is 3.46. The second-order valence-corrected chi connectivity index (χ2v) is 5.34. The van der Waals surface area contributed by atoms with Gasteiger partial charge in [0.25, 0.3) is 0 Å². The van der Waals surface area contributed by atoms with Crippen LogP contribution in [0, 0.1) is 6.92 Å². The molecule has 1 heterocycles. The highest BCUT2D eigenvalue weighted by atomic mass is 32.2. The van der Waals surface area contributed by atoms with E-state index in [1.165, 1.54) is 21.4 Å². The number of rotatable bonds is 1. The number of hydrogen-bond donors (Lipinski definition) is 0. The molecule has 1 aromatic carbocycles. The fourth-order valence-corrected chi connectivity index (χ4v) is 3.28. The molecule has 1 saturated heterocycles. The van der Waals surface area contributed by atoms with Crippen LogP contribution in [0.4, 0.5) is 5.69 Å². The third-order valence-corrected chi connectivity index (χ3v) is 4.25. The molecule has 0 amide bonds. The van der Waals surface area contributed by atoms with Crippen LogP contribution in [0.5, 0.6) is 0 Å². The molecule has 1 aliphatic heterocycles. The van der Waals surface area contributed by atoms with Gasteiger partial charge in [-0.3, -0.25) is 0 Å². The van der Waals surface area contributed by atoms with E-state index in [1.807, 2.05) is 23.5 Å². The first kappa shape index (κ1) is 9.16. The van der Waals surface area contributed by atoms with Gasteiger partial charge in [-0.1, -0.05) is 41.2 Å². The number of thioether (sulfide) groups is 2. The Labute approximate surface area is 87.0 Å². The van der Waals surface area contributed by atoms with E-state index in [2.05, 4.69) is 36.2 Å². The third kappa shape index (κ3) is 2.51. The van der Waals surface area contributed by atoms with Gasteiger partial charge in [-0.25, -0.2) is 4.99 Å². The van der Waals surface area contributed by atoms with Gasteiger partial charge in [0.1, 0.15) is 4.38 Å². The van der Waals surface area contributed by atoms with Gasteiger partial charge in [-0.2, -0.15) is 0 Å². The Hall–Kier alpha value is -0.410. The monoisotopic (exact) mass is 209 g/mol. The molecular weight excluding hydrogens is 198 g/mol. The third-order valence-electron chi connectivity index (χ3n) is 1.79. The van der Waals surface area contributed by atoms with Crippen LogP contribution in [0.15, 0.2) is 29.3 Å². The topological polar surface area (TPSA) is 12.4 Å². The molecule has 0 bridgehead atoms. The molecule has 0 N–H and O–H groups in total. The number of aryl methyl sites for hydroxylation is 1. The van der Waals surface area contributed by atoms with Crippen molar-refractivity contribution in [1.29, 1.82) is 0 Å². The Morgan fingerprint density at radius 2 is 1.69 bits per heavy atom.